The number of rotatable bonds is 4. The lowest BCUT2D eigenvalue weighted by Gasteiger charge is -2.14. The number of amides is 2. The minimum atomic E-state index is -4.59. The van der Waals surface area contributed by atoms with E-state index in [2.05, 4.69) is 15.6 Å². The molecule has 0 unspecified atom stereocenters. The number of hydrogen-bond donors (Lipinski definition) is 2. The van der Waals surface area contributed by atoms with Gasteiger partial charge in [-0.3, -0.25) is 14.6 Å². The lowest BCUT2D eigenvalue weighted by atomic mass is 10.1. The summed E-state index contributed by atoms with van der Waals surface area (Å²) in [5, 5.41) is 5.12. The van der Waals surface area contributed by atoms with Crippen molar-refractivity contribution in [1.29, 1.82) is 0 Å². The molecule has 142 valence electrons. The second kappa shape index (κ2) is 7.77. The maximum atomic E-state index is 13.0. The number of para-hydroxylation sites is 1. The second-order valence-corrected chi connectivity index (χ2v) is 6.41. The van der Waals surface area contributed by atoms with Crippen molar-refractivity contribution >= 4 is 17.5 Å². The van der Waals surface area contributed by atoms with Crippen LogP contribution in [0.5, 0.6) is 0 Å². The van der Waals surface area contributed by atoms with E-state index in [1.165, 1.54) is 36.7 Å². The molecule has 2 amide bonds. The number of carbonyl (C=O) groups is 2. The summed E-state index contributed by atoms with van der Waals surface area (Å²) in [5.74, 6) is -1.12. The summed E-state index contributed by atoms with van der Waals surface area (Å²) in [5.41, 5.74) is -1.10. The fourth-order valence-electron chi connectivity index (χ4n) is 3.06. The van der Waals surface area contributed by atoms with Crippen LogP contribution >= 0.6 is 0 Å². The highest BCUT2D eigenvalue weighted by Gasteiger charge is 2.33. The van der Waals surface area contributed by atoms with Crippen molar-refractivity contribution in [3.8, 4) is 0 Å². The number of nitrogens with one attached hydrogen (secondary N) is 2. The van der Waals surface area contributed by atoms with E-state index < -0.39 is 17.6 Å². The molecule has 2 N–H and O–H groups in total. The molecular weight excluding hydrogens is 359 g/mol. The molecule has 8 heteroatoms. The van der Waals surface area contributed by atoms with Gasteiger partial charge < -0.3 is 10.6 Å². The Labute approximate surface area is 154 Å². The quantitative estimate of drug-likeness (QED) is 0.845. The zero-order chi connectivity index (χ0) is 19.4. The topological polar surface area (TPSA) is 71.1 Å². The van der Waals surface area contributed by atoms with Crippen LogP contribution in [0.3, 0.4) is 0 Å². The first-order valence-corrected chi connectivity index (χ1v) is 8.58. The van der Waals surface area contributed by atoms with Crippen LogP contribution in [0.1, 0.15) is 52.0 Å². The molecule has 3 rings (SSSR count). The van der Waals surface area contributed by atoms with Crippen LogP contribution in [0.2, 0.25) is 0 Å². The van der Waals surface area contributed by atoms with E-state index in [1.807, 2.05) is 0 Å². The Morgan fingerprint density at radius 2 is 1.63 bits per heavy atom. The van der Waals surface area contributed by atoms with E-state index in [-0.39, 0.29) is 28.8 Å². The molecule has 0 radical (unpaired) electrons. The third kappa shape index (κ3) is 4.64. The van der Waals surface area contributed by atoms with E-state index in [4.69, 9.17) is 0 Å². The first-order chi connectivity index (χ1) is 12.8. The van der Waals surface area contributed by atoms with Crippen LogP contribution in [-0.2, 0) is 6.18 Å². The number of anilines is 1. The van der Waals surface area contributed by atoms with E-state index in [9.17, 15) is 22.8 Å². The monoisotopic (exact) mass is 377 g/mol. The van der Waals surface area contributed by atoms with E-state index in [0.717, 1.165) is 31.7 Å². The number of halogens is 3. The largest absolute Gasteiger partial charge is 0.418 e. The third-order valence-electron chi connectivity index (χ3n) is 4.43. The molecule has 5 nitrogen and oxygen atoms in total. The average Bonchev–Trinajstić information content (AvgIpc) is 3.14. The van der Waals surface area contributed by atoms with Crippen LogP contribution in [0.15, 0.2) is 42.7 Å². The molecule has 1 aliphatic rings. The number of pyridine rings is 1. The van der Waals surface area contributed by atoms with Gasteiger partial charge in [0.05, 0.1) is 22.4 Å². The number of alkyl halides is 3. The molecule has 1 heterocycles. The fourth-order valence-corrected chi connectivity index (χ4v) is 3.06. The minimum Gasteiger partial charge on any atom is -0.349 e. The summed E-state index contributed by atoms with van der Waals surface area (Å²) in [6.07, 6.45) is 1.88. The van der Waals surface area contributed by atoms with Crippen molar-refractivity contribution in [2.75, 3.05) is 5.32 Å². The summed E-state index contributed by atoms with van der Waals surface area (Å²) >= 11 is 0. The maximum absolute atomic E-state index is 13.0. The van der Waals surface area contributed by atoms with Crippen LogP contribution < -0.4 is 10.6 Å². The first kappa shape index (κ1) is 18.9. The van der Waals surface area contributed by atoms with Gasteiger partial charge in [-0.25, -0.2) is 0 Å². The molecule has 1 fully saturated rings. The molecule has 2 aromatic rings. The third-order valence-corrected chi connectivity index (χ3v) is 4.43. The second-order valence-electron chi connectivity index (χ2n) is 6.41. The van der Waals surface area contributed by atoms with Gasteiger partial charge in [0, 0.05) is 18.4 Å². The van der Waals surface area contributed by atoms with Gasteiger partial charge >= 0.3 is 6.18 Å². The predicted molar refractivity (Wildman–Crippen MR) is 93.4 cm³/mol. The number of hydrogen-bond acceptors (Lipinski definition) is 3. The number of benzene rings is 1. The van der Waals surface area contributed by atoms with Gasteiger partial charge in [-0.2, -0.15) is 13.2 Å². The van der Waals surface area contributed by atoms with Gasteiger partial charge in [-0.1, -0.05) is 25.0 Å². The molecule has 1 saturated carbocycles. The summed E-state index contributed by atoms with van der Waals surface area (Å²) in [6, 6.07) is 6.13. The highest BCUT2D eigenvalue weighted by Crippen LogP contribution is 2.34. The molecule has 0 aliphatic heterocycles. The lowest BCUT2D eigenvalue weighted by Crippen LogP contribution is -2.32. The highest BCUT2D eigenvalue weighted by atomic mass is 19.4. The van der Waals surface area contributed by atoms with Gasteiger partial charge in [0.15, 0.2) is 0 Å². The van der Waals surface area contributed by atoms with Gasteiger partial charge in [0.25, 0.3) is 11.8 Å². The van der Waals surface area contributed by atoms with Gasteiger partial charge in [-0.15, -0.1) is 0 Å². The van der Waals surface area contributed by atoms with Crippen molar-refractivity contribution in [3.63, 3.8) is 0 Å². The zero-order valence-electron chi connectivity index (χ0n) is 14.3. The van der Waals surface area contributed by atoms with Gasteiger partial charge in [0.1, 0.15) is 0 Å². The Morgan fingerprint density at radius 3 is 2.30 bits per heavy atom. The number of aromatic nitrogens is 1. The van der Waals surface area contributed by atoms with Crippen molar-refractivity contribution < 1.29 is 22.8 Å². The molecule has 0 saturated heterocycles. The average molecular weight is 377 g/mol. The predicted octanol–water partition coefficient (Wildman–Crippen LogP) is 4.03. The Balaban J connectivity index is 1.75. The van der Waals surface area contributed by atoms with Crippen LogP contribution in [-0.4, -0.2) is 22.8 Å². The van der Waals surface area contributed by atoms with Gasteiger partial charge in [-0.05, 0) is 31.0 Å². The highest BCUT2D eigenvalue weighted by molar-refractivity contribution is 6.06. The normalized spacial score (nSPS) is 14.8. The molecule has 1 aromatic carbocycles. The Kier molecular flexibility index (Phi) is 5.43. The number of carbonyl (C=O) groups excluding carboxylic acids is 2. The molecule has 0 spiro atoms. The summed E-state index contributed by atoms with van der Waals surface area (Å²) < 4.78 is 39.1. The van der Waals surface area contributed by atoms with Crippen molar-refractivity contribution in [3.05, 3.63) is 59.4 Å². The van der Waals surface area contributed by atoms with E-state index >= 15 is 0 Å². The zero-order valence-corrected chi connectivity index (χ0v) is 14.3. The molecule has 0 atom stereocenters. The van der Waals surface area contributed by atoms with Crippen LogP contribution in [0, 0.1) is 0 Å². The molecule has 1 aromatic heterocycles. The van der Waals surface area contributed by atoms with Crippen molar-refractivity contribution in [1.82, 2.24) is 10.3 Å². The van der Waals surface area contributed by atoms with E-state index in [1.54, 1.807) is 0 Å². The van der Waals surface area contributed by atoms with Crippen LogP contribution in [0.25, 0.3) is 0 Å². The standard InChI is InChI=1S/C19H18F3N3O2/c20-19(21,22)15-7-3-4-8-16(15)25-18(27)13-9-12(10-23-11-13)17(26)24-14-5-1-2-6-14/h3-4,7-11,14H,1-2,5-6H2,(H,24,26)(H,25,27). The van der Waals surface area contributed by atoms with Gasteiger partial charge in [0.2, 0.25) is 0 Å². The maximum Gasteiger partial charge on any atom is 0.418 e. The first-order valence-electron chi connectivity index (χ1n) is 8.58. The summed E-state index contributed by atoms with van der Waals surface area (Å²) in [6.45, 7) is 0. The molecule has 1 aliphatic carbocycles. The van der Waals surface area contributed by atoms with Crippen molar-refractivity contribution in [2.45, 2.75) is 37.9 Å². The smallest absolute Gasteiger partial charge is 0.349 e. The fraction of sp³-hybridized carbons (Fsp3) is 0.316. The Hall–Kier alpha value is -2.90. The van der Waals surface area contributed by atoms with E-state index in [0.29, 0.717) is 0 Å². The Morgan fingerprint density at radius 1 is 1.00 bits per heavy atom. The molecular formula is C19H18F3N3O2. The lowest BCUT2D eigenvalue weighted by molar-refractivity contribution is -0.136. The van der Waals surface area contributed by atoms with Crippen LogP contribution in [0.4, 0.5) is 18.9 Å². The minimum absolute atomic E-state index is 0.00560. The Bertz CT molecular complexity index is 846. The molecule has 27 heavy (non-hydrogen) atoms. The molecule has 0 bridgehead atoms. The summed E-state index contributed by atoms with van der Waals surface area (Å²) in [4.78, 5) is 28.5. The van der Waals surface area contributed by atoms with Crippen molar-refractivity contribution in [2.24, 2.45) is 0 Å². The summed E-state index contributed by atoms with van der Waals surface area (Å²) in [7, 11) is 0. The SMILES string of the molecule is O=C(Nc1ccccc1C(F)(F)F)c1cncc(C(=O)NC2CCCC2)c1. The number of nitrogens with zero attached hydrogens (tertiary/aromatic N) is 1.